The van der Waals surface area contributed by atoms with Crippen LogP contribution in [0.2, 0.25) is 0 Å². The highest BCUT2D eigenvalue weighted by Gasteiger charge is 2.35. The molecule has 1 atom stereocenters. The fourth-order valence-electron chi connectivity index (χ4n) is 3.73. The summed E-state index contributed by atoms with van der Waals surface area (Å²) in [7, 11) is 0. The molecule has 1 aliphatic carbocycles. The Bertz CT molecular complexity index is 792. The lowest BCUT2D eigenvalue weighted by Gasteiger charge is -2.38. The lowest BCUT2D eigenvalue weighted by atomic mass is 9.66. The molecule has 0 saturated heterocycles. The van der Waals surface area contributed by atoms with E-state index in [1.165, 1.54) is 22.3 Å². The van der Waals surface area contributed by atoms with E-state index in [-0.39, 0.29) is 5.41 Å². The molecule has 0 radical (unpaired) electrons. The van der Waals surface area contributed by atoms with Crippen molar-refractivity contribution >= 4 is 5.57 Å². The Morgan fingerprint density at radius 3 is 2.46 bits per heavy atom. The minimum absolute atomic E-state index is 0.153. The molecule has 0 spiro atoms. The second-order valence-electron chi connectivity index (χ2n) is 8.11. The van der Waals surface area contributed by atoms with E-state index in [1.807, 2.05) is 13.8 Å². The van der Waals surface area contributed by atoms with Crippen LogP contribution in [-0.4, -0.2) is 4.98 Å². The van der Waals surface area contributed by atoms with Crippen molar-refractivity contribution in [2.75, 3.05) is 0 Å². The normalized spacial score (nSPS) is 18.2. The van der Waals surface area contributed by atoms with E-state index in [9.17, 15) is 5.26 Å². The third-order valence-corrected chi connectivity index (χ3v) is 4.86. The van der Waals surface area contributed by atoms with Gasteiger partial charge in [0.15, 0.2) is 0 Å². The third kappa shape index (κ3) is 3.36. The largest absolute Gasteiger partial charge is 0.237 e. The highest BCUT2D eigenvalue weighted by atomic mass is 14.7. The molecule has 2 rings (SSSR count). The summed E-state index contributed by atoms with van der Waals surface area (Å²) in [5.74, 6) is 0.426. The van der Waals surface area contributed by atoms with Crippen LogP contribution in [0.15, 0.2) is 35.4 Å². The first kappa shape index (κ1) is 18.2. The smallest absolute Gasteiger partial charge is 0.144 e. The first-order chi connectivity index (χ1) is 11.1. The van der Waals surface area contributed by atoms with Gasteiger partial charge in [-0.15, -0.1) is 0 Å². The van der Waals surface area contributed by atoms with Crippen LogP contribution in [0.25, 0.3) is 5.57 Å². The summed E-state index contributed by atoms with van der Waals surface area (Å²) in [6.07, 6.45) is 3.12. The van der Waals surface area contributed by atoms with Crippen molar-refractivity contribution in [1.82, 2.24) is 4.98 Å². The van der Waals surface area contributed by atoms with Crippen LogP contribution in [-0.2, 0) is 6.42 Å². The highest BCUT2D eigenvalue weighted by Crippen LogP contribution is 2.45. The number of pyridine rings is 1. The SMILES string of the molecule is C=C(C)/C=C(/C)C1=C(C)c2nc(C#N)c(C)cc2CC1C(C)(C)C. The summed E-state index contributed by atoms with van der Waals surface area (Å²) >= 11 is 0. The van der Waals surface area contributed by atoms with Crippen LogP contribution in [0.1, 0.15) is 64.1 Å². The number of nitrogens with zero attached hydrogens (tertiary/aromatic N) is 2. The standard InChI is InChI=1S/C22H28N2/c1-13(2)9-15(4)20-16(5)21-17(11-18(20)22(6,7)8)10-14(3)19(12-23)24-21/h9-10,18H,1,11H2,2-8H3/b15-9-. The zero-order valence-electron chi connectivity index (χ0n) is 16.0. The van der Waals surface area contributed by atoms with E-state index < -0.39 is 0 Å². The maximum Gasteiger partial charge on any atom is 0.144 e. The van der Waals surface area contributed by atoms with E-state index in [0.29, 0.717) is 11.6 Å². The maximum atomic E-state index is 9.33. The van der Waals surface area contributed by atoms with Crippen LogP contribution in [0, 0.1) is 29.6 Å². The first-order valence-corrected chi connectivity index (χ1v) is 8.52. The van der Waals surface area contributed by atoms with E-state index >= 15 is 0 Å². The molecule has 1 aromatic rings. The van der Waals surface area contributed by atoms with Crippen molar-refractivity contribution < 1.29 is 0 Å². The molecule has 1 aromatic heterocycles. The van der Waals surface area contributed by atoms with Crippen molar-refractivity contribution in [1.29, 1.82) is 5.26 Å². The van der Waals surface area contributed by atoms with E-state index in [1.54, 1.807) is 0 Å². The van der Waals surface area contributed by atoms with Gasteiger partial charge in [-0.25, -0.2) is 4.98 Å². The van der Waals surface area contributed by atoms with Gasteiger partial charge < -0.3 is 0 Å². The topological polar surface area (TPSA) is 36.7 Å². The summed E-state index contributed by atoms with van der Waals surface area (Å²) in [5, 5.41) is 9.33. The lowest BCUT2D eigenvalue weighted by Crippen LogP contribution is -2.29. The predicted octanol–water partition coefficient (Wildman–Crippen LogP) is 5.78. The lowest BCUT2D eigenvalue weighted by molar-refractivity contribution is 0.277. The zero-order chi connectivity index (χ0) is 18.2. The average molecular weight is 320 g/mol. The molecule has 0 saturated carbocycles. The molecule has 1 unspecified atom stereocenters. The van der Waals surface area contributed by atoms with Gasteiger partial charge in [-0.3, -0.25) is 0 Å². The van der Waals surface area contributed by atoms with Crippen molar-refractivity contribution in [3.63, 3.8) is 0 Å². The van der Waals surface area contributed by atoms with E-state index in [4.69, 9.17) is 0 Å². The number of hydrogen-bond donors (Lipinski definition) is 0. The van der Waals surface area contributed by atoms with Gasteiger partial charge in [0.05, 0.1) is 5.69 Å². The van der Waals surface area contributed by atoms with Gasteiger partial charge >= 0.3 is 0 Å². The molecule has 24 heavy (non-hydrogen) atoms. The second-order valence-corrected chi connectivity index (χ2v) is 8.11. The zero-order valence-corrected chi connectivity index (χ0v) is 16.0. The quantitative estimate of drug-likeness (QED) is 0.648. The van der Waals surface area contributed by atoms with Crippen molar-refractivity contribution in [3.05, 3.63) is 58.0 Å². The number of rotatable bonds is 2. The van der Waals surface area contributed by atoms with E-state index in [0.717, 1.165) is 23.3 Å². The minimum atomic E-state index is 0.153. The summed E-state index contributed by atoms with van der Waals surface area (Å²) in [6, 6.07) is 4.37. The minimum Gasteiger partial charge on any atom is -0.237 e. The highest BCUT2D eigenvalue weighted by molar-refractivity contribution is 5.74. The predicted molar refractivity (Wildman–Crippen MR) is 102 cm³/mol. The van der Waals surface area contributed by atoms with Gasteiger partial charge in [0, 0.05) is 0 Å². The Morgan fingerprint density at radius 2 is 1.96 bits per heavy atom. The van der Waals surface area contributed by atoms with E-state index in [2.05, 4.69) is 64.4 Å². The monoisotopic (exact) mass is 320 g/mol. The number of allylic oxidation sites excluding steroid dienone is 5. The molecule has 0 fully saturated rings. The summed E-state index contributed by atoms with van der Waals surface area (Å²) < 4.78 is 0. The molecular formula is C22H28N2. The van der Waals surface area contributed by atoms with Crippen molar-refractivity contribution in [3.8, 4) is 6.07 Å². The molecule has 1 aliphatic rings. The summed E-state index contributed by atoms with van der Waals surface area (Å²) in [6.45, 7) is 19.2. The molecule has 1 heterocycles. The van der Waals surface area contributed by atoms with Crippen molar-refractivity contribution in [2.45, 2.75) is 54.9 Å². The Balaban J connectivity index is 2.76. The van der Waals surface area contributed by atoms with Gasteiger partial charge in [-0.05, 0) is 73.3 Å². The molecule has 126 valence electrons. The first-order valence-electron chi connectivity index (χ1n) is 8.52. The molecule has 0 aromatic carbocycles. The second kappa shape index (κ2) is 6.40. The van der Waals surface area contributed by atoms with Gasteiger partial charge in [-0.1, -0.05) is 45.1 Å². The fourth-order valence-corrected chi connectivity index (χ4v) is 3.73. The van der Waals surface area contributed by atoms with Crippen LogP contribution >= 0.6 is 0 Å². The molecule has 2 heteroatoms. The number of aromatic nitrogens is 1. The molecule has 0 aliphatic heterocycles. The Hall–Kier alpha value is -2.14. The molecule has 0 amide bonds. The summed E-state index contributed by atoms with van der Waals surface area (Å²) in [4.78, 5) is 4.67. The third-order valence-electron chi connectivity index (χ3n) is 4.86. The average Bonchev–Trinajstić information content (AvgIpc) is 2.44. The number of nitriles is 1. The van der Waals surface area contributed by atoms with Gasteiger partial charge in [0.1, 0.15) is 11.8 Å². The van der Waals surface area contributed by atoms with Crippen LogP contribution in [0.3, 0.4) is 0 Å². The number of aryl methyl sites for hydroxylation is 1. The Morgan fingerprint density at radius 1 is 1.33 bits per heavy atom. The molecule has 2 nitrogen and oxygen atoms in total. The number of hydrogen-bond acceptors (Lipinski definition) is 2. The van der Waals surface area contributed by atoms with Crippen LogP contribution < -0.4 is 0 Å². The van der Waals surface area contributed by atoms with Crippen molar-refractivity contribution in [2.24, 2.45) is 11.3 Å². The molecular weight excluding hydrogens is 292 g/mol. The van der Waals surface area contributed by atoms with Crippen LogP contribution in [0.4, 0.5) is 0 Å². The summed E-state index contributed by atoms with van der Waals surface area (Å²) in [5.41, 5.74) is 8.77. The fraction of sp³-hybridized carbons (Fsp3) is 0.455. The maximum absolute atomic E-state index is 9.33. The van der Waals surface area contributed by atoms with Gasteiger partial charge in [-0.2, -0.15) is 5.26 Å². The Kier molecular flexibility index (Phi) is 4.85. The molecule has 0 N–H and O–H groups in total. The molecule has 0 bridgehead atoms. The van der Waals surface area contributed by atoms with Gasteiger partial charge in [0.25, 0.3) is 0 Å². The number of fused-ring (bicyclic) bond motifs is 1. The Labute approximate surface area is 146 Å². The van der Waals surface area contributed by atoms with Crippen LogP contribution in [0.5, 0.6) is 0 Å². The van der Waals surface area contributed by atoms with Gasteiger partial charge in [0.2, 0.25) is 0 Å².